The number of amides is 2. The second-order valence-corrected chi connectivity index (χ2v) is 8.55. The van der Waals surface area contributed by atoms with Gasteiger partial charge in [0.1, 0.15) is 11.9 Å². The van der Waals surface area contributed by atoms with Crippen LogP contribution in [0.5, 0.6) is 0 Å². The average molecular weight is 404 g/mol. The second-order valence-electron chi connectivity index (χ2n) is 8.55. The van der Waals surface area contributed by atoms with Crippen molar-refractivity contribution in [2.45, 2.75) is 53.6 Å². The fourth-order valence-corrected chi connectivity index (χ4v) is 3.44. The third-order valence-corrected chi connectivity index (χ3v) is 5.28. The lowest BCUT2D eigenvalue weighted by atomic mass is 10.0. The molecule has 29 heavy (non-hydrogen) atoms. The SMILES string of the molecule is CCN1CCN(c2ccc(CNC(=O)C(NC(=O)CC(C)C)C(C)C)cn2)CC1. The summed E-state index contributed by atoms with van der Waals surface area (Å²) in [5.41, 5.74) is 0.949. The average Bonchev–Trinajstić information content (AvgIpc) is 2.70. The molecule has 1 fully saturated rings. The molecule has 7 heteroatoms. The molecule has 2 rings (SSSR count). The van der Waals surface area contributed by atoms with E-state index in [2.05, 4.69) is 32.3 Å². The number of nitrogens with one attached hydrogen (secondary N) is 2. The second kappa shape index (κ2) is 11.1. The summed E-state index contributed by atoms with van der Waals surface area (Å²) in [6.07, 6.45) is 2.25. The maximum atomic E-state index is 12.6. The van der Waals surface area contributed by atoms with Crippen LogP contribution in [0.25, 0.3) is 0 Å². The highest BCUT2D eigenvalue weighted by atomic mass is 16.2. The van der Waals surface area contributed by atoms with Crippen molar-refractivity contribution in [2.75, 3.05) is 37.6 Å². The monoisotopic (exact) mass is 403 g/mol. The number of carbonyl (C=O) groups excluding carboxylic acids is 2. The van der Waals surface area contributed by atoms with E-state index >= 15 is 0 Å². The van der Waals surface area contributed by atoms with Crippen molar-refractivity contribution >= 4 is 17.6 Å². The maximum absolute atomic E-state index is 12.6. The molecule has 2 heterocycles. The Morgan fingerprint density at radius 1 is 1.10 bits per heavy atom. The summed E-state index contributed by atoms with van der Waals surface area (Å²) in [4.78, 5) is 34.0. The molecule has 1 atom stereocenters. The minimum absolute atomic E-state index is 0.0217. The fourth-order valence-electron chi connectivity index (χ4n) is 3.44. The molecule has 2 amide bonds. The molecule has 162 valence electrons. The summed E-state index contributed by atoms with van der Waals surface area (Å²) in [5, 5.41) is 5.80. The highest BCUT2D eigenvalue weighted by Gasteiger charge is 2.24. The summed E-state index contributed by atoms with van der Waals surface area (Å²) < 4.78 is 0. The minimum atomic E-state index is -0.525. The standard InChI is InChI=1S/C22H37N5O2/c1-6-26-9-11-27(12-10-26)19-8-7-18(14-23-19)15-24-22(29)21(17(4)5)25-20(28)13-16(2)3/h7-8,14,16-17,21H,6,9-13,15H2,1-5H3,(H,24,29)(H,25,28). The van der Waals surface area contributed by atoms with Crippen molar-refractivity contribution in [1.29, 1.82) is 0 Å². The highest BCUT2D eigenvalue weighted by Crippen LogP contribution is 2.14. The Balaban J connectivity index is 1.86. The highest BCUT2D eigenvalue weighted by molar-refractivity contribution is 5.87. The van der Waals surface area contributed by atoms with Gasteiger partial charge in [0.2, 0.25) is 11.8 Å². The number of hydrogen-bond acceptors (Lipinski definition) is 5. The van der Waals surface area contributed by atoms with E-state index in [1.165, 1.54) is 0 Å². The van der Waals surface area contributed by atoms with Gasteiger partial charge in [-0.3, -0.25) is 9.59 Å². The van der Waals surface area contributed by atoms with E-state index in [9.17, 15) is 9.59 Å². The lowest BCUT2D eigenvalue weighted by molar-refractivity contribution is -0.130. The first kappa shape index (κ1) is 23.1. The number of piperazine rings is 1. The first-order valence-electron chi connectivity index (χ1n) is 10.8. The van der Waals surface area contributed by atoms with E-state index in [0.717, 1.165) is 44.1 Å². The molecule has 1 aliphatic rings. The van der Waals surface area contributed by atoms with Crippen LogP contribution in [0.1, 0.15) is 46.6 Å². The van der Waals surface area contributed by atoms with Crippen LogP contribution in [0.15, 0.2) is 18.3 Å². The van der Waals surface area contributed by atoms with Gasteiger partial charge in [0.05, 0.1) is 0 Å². The molecule has 1 unspecified atom stereocenters. The van der Waals surface area contributed by atoms with Crippen molar-refractivity contribution in [3.05, 3.63) is 23.9 Å². The third-order valence-electron chi connectivity index (χ3n) is 5.28. The van der Waals surface area contributed by atoms with E-state index in [1.807, 2.05) is 46.0 Å². The van der Waals surface area contributed by atoms with Gasteiger partial charge in [-0.25, -0.2) is 4.98 Å². The van der Waals surface area contributed by atoms with Gasteiger partial charge in [-0.1, -0.05) is 40.7 Å². The quantitative estimate of drug-likeness (QED) is 0.660. The van der Waals surface area contributed by atoms with E-state index in [-0.39, 0.29) is 23.7 Å². The number of carbonyl (C=O) groups is 2. The largest absolute Gasteiger partial charge is 0.354 e. The predicted molar refractivity (Wildman–Crippen MR) is 117 cm³/mol. The van der Waals surface area contributed by atoms with Crippen molar-refractivity contribution < 1.29 is 9.59 Å². The molecule has 0 spiro atoms. The molecule has 0 aromatic carbocycles. The molecule has 2 N–H and O–H groups in total. The van der Waals surface area contributed by atoms with Crippen LogP contribution in [0.3, 0.4) is 0 Å². The van der Waals surface area contributed by atoms with Crippen LogP contribution in [0, 0.1) is 11.8 Å². The number of anilines is 1. The van der Waals surface area contributed by atoms with Gasteiger partial charge in [-0.05, 0) is 30.0 Å². The molecule has 0 aliphatic carbocycles. The van der Waals surface area contributed by atoms with Gasteiger partial charge < -0.3 is 20.4 Å². The predicted octanol–water partition coefficient (Wildman–Crippen LogP) is 2.03. The molecule has 1 saturated heterocycles. The summed E-state index contributed by atoms with van der Waals surface area (Å²) in [5.74, 6) is 1.03. The Bertz CT molecular complexity index is 652. The lowest BCUT2D eigenvalue weighted by Gasteiger charge is -2.34. The van der Waals surface area contributed by atoms with Crippen molar-refractivity contribution in [3.63, 3.8) is 0 Å². The van der Waals surface area contributed by atoms with Crippen molar-refractivity contribution in [1.82, 2.24) is 20.5 Å². The molecule has 0 saturated carbocycles. The number of likely N-dealkylation sites (N-methyl/N-ethyl adjacent to an activating group) is 1. The molecule has 1 aliphatic heterocycles. The zero-order valence-corrected chi connectivity index (χ0v) is 18.6. The van der Waals surface area contributed by atoms with E-state index < -0.39 is 6.04 Å². The number of nitrogens with zero attached hydrogens (tertiary/aromatic N) is 3. The zero-order valence-electron chi connectivity index (χ0n) is 18.6. The zero-order chi connectivity index (χ0) is 21.4. The van der Waals surface area contributed by atoms with E-state index in [1.54, 1.807) is 0 Å². The molecule has 1 aromatic heterocycles. The number of aromatic nitrogens is 1. The summed E-state index contributed by atoms with van der Waals surface area (Å²) in [7, 11) is 0. The number of hydrogen-bond donors (Lipinski definition) is 2. The summed E-state index contributed by atoms with van der Waals surface area (Å²) in [6, 6.07) is 3.51. The van der Waals surface area contributed by atoms with Crippen LogP contribution in [0.4, 0.5) is 5.82 Å². The first-order chi connectivity index (χ1) is 13.8. The van der Waals surface area contributed by atoms with E-state index in [4.69, 9.17) is 0 Å². The molecule has 1 aromatic rings. The normalized spacial score (nSPS) is 16.2. The molecule has 0 bridgehead atoms. The van der Waals surface area contributed by atoms with Crippen LogP contribution in [-0.2, 0) is 16.1 Å². The fraction of sp³-hybridized carbons (Fsp3) is 0.682. The Morgan fingerprint density at radius 2 is 1.79 bits per heavy atom. The van der Waals surface area contributed by atoms with Gasteiger partial charge in [0.15, 0.2) is 0 Å². The summed E-state index contributed by atoms with van der Waals surface area (Å²) >= 11 is 0. The van der Waals surface area contributed by atoms with Gasteiger partial charge in [0, 0.05) is 45.3 Å². The van der Waals surface area contributed by atoms with E-state index in [0.29, 0.717) is 13.0 Å². The first-order valence-corrected chi connectivity index (χ1v) is 10.8. The van der Waals surface area contributed by atoms with Crippen LogP contribution >= 0.6 is 0 Å². The number of pyridine rings is 1. The minimum Gasteiger partial charge on any atom is -0.354 e. The molecular formula is C22H37N5O2. The molecule has 0 radical (unpaired) electrons. The number of rotatable bonds is 9. The Labute approximate surface area is 175 Å². The van der Waals surface area contributed by atoms with Gasteiger partial charge in [0.25, 0.3) is 0 Å². The lowest BCUT2D eigenvalue weighted by Crippen LogP contribution is -2.49. The van der Waals surface area contributed by atoms with Crippen LogP contribution in [0.2, 0.25) is 0 Å². The van der Waals surface area contributed by atoms with Crippen molar-refractivity contribution in [2.24, 2.45) is 11.8 Å². The maximum Gasteiger partial charge on any atom is 0.243 e. The molecular weight excluding hydrogens is 366 g/mol. The summed E-state index contributed by atoms with van der Waals surface area (Å²) in [6.45, 7) is 15.7. The van der Waals surface area contributed by atoms with Crippen LogP contribution in [-0.4, -0.2) is 60.5 Å². The smallest absolute Gasteiger partial charge is 0.243 e. The molecule has 7 nitrogen and oxygen atoms in total. The van der Waals surface area contributed by atoms with Gasteiger partial charge in [-0.2, -0.15) is 0 Å². The third kappa shape index (κ3) is 7.31. The van der Waals surface area contributed by atoms with Gasteiger partial charge in [-0.15, -0.1) is 0 Å². The Hall–Kier alpha value is -2.15. The van der Waals surface area contributed by atoms with Gasteiger partial charge >= 0.3 is 0 Å². The van der Waals surface area contributed by atoms with Crippen LogP contribution < -0.4 is 15.5 Å². The topological polar surface area (TPSA) is 77.6 Å². The van der Waals surface area contributed by atoms with Crippen molar-refractivity contribution in [3.8, 4) is 0 Å². The Kier molecular flexibility index (Phi) is 8.89. The Morgan fingerprint density at radius 3 is 2.31 bits per heavy atom.